The Bertz CT molecular complexity index is 203. The Hall–Kier alpha value is -0.290. The summed E-state index contributed by atoms with van der Waals surface area (Å²) in [5, 5.41) is 3.37. The lowest BCUT2D eigenvalue weighted by Crippen LogP contribution is -2.35. The maximum absolute atomic E-state index is 12.2. The second-order valence-corrected chi connectivity index (χ2v) is 4.97. The van der Waals surface area contributed by atoms with E-state index >= 15 is 0 Å². The Morgan fingerprint density at radius 1 is 1.05 bits per heavy atom. The van der Waals surface area contributed by atoms with Gasteiger partial charge in [0.1, 0.15) is 0 Å². The molecule has 0 fully saturated rings. The largest absolute Gasteiger partial charge is 0.389 e. The van der Waals surface area contributed by atoms with E-state index in [9.17, 15) is 13.2 Å². The van der Waals surface area contributed by atoms with E-state index in [0.717, 1.165) is 39.0 Å². The molecule has 0 bridgehead atoms. The van der Waals surface area contributed by atoms with Crippen LogP contribution in [0, 0.1) is 0 Å². The lowest BCUT2D eigenvalue weighted by atomic mass is 10.1. The summed E-state index contributed by atoms with van der Waals surface area (Å²) in [6.45, 7) is 10.1. The molecule has 5 heteroatoms. The maximum Gasteiger partial charge on any atom is 0.389 e. The van der Waals surface area contributed by atoms with Crippen LogP contribution in [-0.4, -0.2) is 43.3 Å². The fourth-order valence-corrected chi connectivity index (χ4v) is 2.12. The highest BCUT2D eigenvalue weighted by Gasteiger charge is 2.26. The number of nitrogens with one attached hydrogen (secondary N) is 1. The lowest BCUT2D eigenvalue weighted by molar-refractivity contribution is -0.135. The minimum Gasteiger partial charge on any atom is -0.314 e. The van der Waals surface area contributed by atoms with Gasteiger partial charge >= 0.3 is 6.18 Å². The molecule has 1 N–H and O–H groups in total. The molecule has 0 saturated heterocycles. The standard InChI is InChI=1S/C14H29F3N2/c1-4-11-18-13(8-7-10-14(15,16)17)9-12-19(5-2)6-3/h13,18H,4-12H2,1-3H3. The predicted molar refractivity (Wildman–Crippen MR) is 74.4 cm³/mol. The van der Waals surface area contributed by atoms with Crippen LogP contribution in [0.4, 0.5) is 13.2 Å². The quantitative estimate of drug-likeness (QED) is 0.620. The van der Waals surface area contributed by atoms with Crippen molar-refractivity contribution in [2.24, 2.45) is 0 Å². The molecule has 0 aromatic heterocycles. The molecule has 0 aromatic rings. The van der Waals surface area contributed by atoms with Crippen LogP contribution in [0.15, 0.2) is 0 Å². The smallest absolute Gasteiger partial charge is 0.314 e. The Labute approximate surface area is 115 Å². The highest BCUT2D eigenvalue weighted by molar-refractivity contribution is 4.70. The molecular weight excluding hydrogens is 253 g/mol. The minimum absolute atomic E-state index is 0.211. The Morgan fingerprint density at radius 3 is 2.16 bits per heavy atom. The van der Waals surface area contributed by atoms with E-state index in [1.54, 1.807) is 0 Å². The van der Waals surface area contributed by atoms with Gasteiger partial charge in [0.15, 0.2) is 0 Å². The SMILES string of the molecule is CCCNC(CCCC(F)(F)F)CCN(CC)CC. The zero-order chi connectivity index (χ0) is 14.7. The predicted octanol–water partition coefficient (Wildman–Crippen LogP) is 3.82. The van der Waals surface area contributed by atoms with E-state index in [-0.39, 0.29) is 12.5 Å². The minimum atomic E-state index is -4.02. The van der Waals surface area contributed by atoms with Crippen LogP contribution in [0.3, 0.4) is 0 Å². The van der Waals surface area contributed by atoms with Crippen molar-refractivity contribution in [3.05, 3.63) is 0 Å². The summed E-state index contributed by atoms with van der Waals surface area (Å²) in [7, 11) is 0. The molecule has 0 radical (unpaired) electrons. The Kier molecular flexibility index (Phi) is 10.3. The van der Waals surface area contributed by atoms with Gasteiger partial charge in [-0.3, -0.25) is 0 Å². The van der Waals surface area contributed by atoms with Crippen LogP contribution in [0.2, 0.25) is 0 Å². The second-order valence-electron chi connectivity index (χ2n) is 4.97. The van der Waals surface area contributed by atoms with E-state index in [4.69, 9.17) is 0 Å². The highest BCUT2D eigenvalue weighted by atomic mass is 19.4. The number of halogens is 3. The molecule has 0 aromatic carbocycles. The van der Waals surface area contributed by atoms with Crippen molar-refractivity contribution in [2.75, 3.05) is 26.2 Å². The molecule has 2 nitrogen and oxygen atoms in total. The molecule has 0 aliphatic heterocycles. The van der Waals surface area contributed by atoms with Gasteiger partial charge in [-0.25, -0.2) is 0 Å². The summed E-state index contributed by atoms with van der Waals surface area (Å²) in [5.41, 5.74) is 0. The van der Waals surface area contributed by atoms with Crippen LogP contribution < -0.4 is 5.32 Å². The van der Waals surface area contributed by atoms with Crippen molar-refractivity contribution in [1.29, 1.82) is 0 Å². The van der Waals surface area contributed by atoms with Gasteiger partial charge < -0.3 is 10.2 Å². The van der Waals surface area contributed by atoms with Gasteiger partial charge in [-0.1, -0.05) is 20.8 Å². The van der Waals surface area contributed by atoms with E-state index in [1.807, 2.05) is 0 Å². The third-order valence-corrected chi connectivity index (χ3v) is 3.38. The van der Waals surface area contributed by atoms with Gasteiger partial charge in [-0.15, -0.1) is 0 Å². The molecule has 0 amide bonds. The molecule has 0 aliphatic carbocycles. The molecule has 116 valence electrons. The van der Waals surface area contributed by atoms with E-state index < -0.39 is 12.6 Å². The van der Waals surface area contributed by atoms with Gasteiger partial charge in [0.2, 0.25) is 0 Å². The highest BCUT2D eigenvalue weighted by Crippen LogP contribution is 2.23. The van der Waals surface area contributed by atoms with Crippen LogP contribution in [0.1, 0.15) is 52.9 Å². The Morgan fingerprint density at radius 2 is 1.68 bits per heavy atom. The van der Waals surface area contributed by atoms with Gasteiger partial charge in [-0.05, 0) is 51.9 Å². The van der Waals surface area contributed by atoms with Crippen LogP contribution in [0.5, 0.6) is 0 Å². The molecule has 1 atom stereocenters. The number of hydrogen-bond donors (Lipinski definition) is 1. The molecule has 0 aliphatic rings. The van der Waals surface area contributed by atoms with Gasteiger partial charge in [0, 0.05) is 12.5 Å². The fourth-order valence-electron chi connectivity index (χ4n) is 2.12. The summed E-state index contributed by atoms with van der Waals surface area (Å²) < 4.78 is 36.5. The van der Waals surface area contributed by atoms with Crippen molar-refractivity contribution in [1.82, 2.24) is 10.2 Å². The molecule has 0 rings (SSSR count). The number of nitrogens with zero attached hydrogens (tertiary/aromatic N) is 1. The molecular formula is C14H29F3N2. The van der Waals surface area contributed by atoms with Crippen LogP contribution in [-0.2, 0) is 0 Å². The van der Waals surface area contributed by atoms with E-state index in [0.29, 0.717) is 6.42 Å². The zero-order valence-electron chi connectivity index (χ0n) is 12.5. The van der Waals surface area contributed by atoms with Crippen LogP contribution in [0.25, 0.3) is 0 Å². The summed E-state index contributed by atoms with van der Waals surface area (Å²) >= 11 is 0. The fraction of sp³-hybridized carbons (Fsp3) is 1.00. The first-order valence-corrected chi connectivity index (χ1v) is 7.45. The average molecular weight is 282 g/mol. The molecule has 19 heavy (non-hydrogen) atoms. The first kappa shape index (κ1) is 18.7. The molecule has 0 saturated carbocycles. The zero-order valence-corrected chi connectivity index (χ0v) is 12.5. The Balaban J connectivity index is 4.00. The van der Waals surface area contributed by atoms with Crippen molar-refractivity contribution in [3.63, 3.8) is 0 Å². The topological polar surface area (TPSA) is 15.3 Å². The summed E-state index contributed by atoms with van der Waals surface area (Å²) in [6, 6.07) is 0.211. The third kappa shape index (κ3) is 11.3. The molecule has 0 heterocycles. The van der Waals surface area contributed by atoms with Crippen molar-refractivity contribution in [3.8, 4) is 0 Å². The first-order chi connectivity index (χ1) is 8.92. The van der Waals surface area contributed by atoms with Crippen molar-refractivity contribution >= 4 is 0 Å². The monoisotopic (exact) mass is 282 g/mol. The molecule has 0 spiro atoms. The van der Waals surface area contributed by atoms with E-state index in [2.05, 4.69) is 31.0 Å². The normalized spacial score (nSPS) is 14.1. The molecule has 1 unspecified atom stereocenters. The van der Waals surface area contributed by atoms with Crippen molar-refractivity contribution < 1.29 is 13.2 Å². The first-order valence-electron chi connectivity index (χ1n) is 7.45. The number of rotatable bonds is 11. The van der Waals surface area contributed by atoms with Crippen LogP contribution >= 0.6 is 0 Å². The average Bonchev–Trinajstić information content (AvgIpc) is 2.34. The lowest BCUT2D eigenvalue weighted by Gasteiger charge is -2.23. The summed E-state index contributed by atoms with van der Waals surface area (Å²) in [6.07, 6.45) is -1.90. The summed E-state index contributed by atoms with van der Waals surface area (Å²) in [4.78, 5) is 2.31. The maximum atomic E-state index is 12.2. The van der Waals surface area contributed by atoms with Gasteiger partial charge in [0.05, 0.1) is 0 Å². The second kappa shape index (κ2) is 10.5. The third-order valence-electron chi connectivity index (χ3n) is 3.38. The van der Waals surface area contributed by atoms with Gasteiger partial charge in [0.25, 0.3) is 0 Å². The van der Waals surface area contributed by atoms with E-state index in [1.165, 1.54) is 0 Å². The van der Waals surface area contributed by atoms with Gasteiger partial charge in [-0.2, -0.15) is 13.2 Å². The van der Waals surface area contributed by atoms with Crippen molar-refractivity contribution in [2.45, 2.75) is 65.1 Å². The number of hydrogen-bond acceptors (Lipinski definition) is 2. The number of alkyl halides is 3. The summed E-state index contributed by atoms with van der Waals surface area (Å²) in [5.74, 6) is 0.